The molecular weight excluding hydrogens is 142 g/mol. The topological polar surface area (TPSA) is 61.8 Å². The van der Waals surface area contributed by atoms with Crippen molar-refractivity contribution < 1.29 is 5.11 Å². The van der Waals surface area contributed by atoms with Gasteiger partial charge in [0, 0.05) is 6.20 Å². The summed E-state index contributed by atoms with van der Waals surface area (Å²) in [5.74, 6) is 0. The molecule has 2 heterocycles. The highest BCUT2D eigenvalue weighted by molar-refractivity contribution is 5.76. The summed E-state index contributed by atoms with van der Waals surface area (Å²) in [5.41, 5.74) is 2.20. The molecule has 0 saturated heterocycles. The molecule has 0 saturated carbocycles. The number of aliphatic hydroxyl groups is 1. The van der Waals surface area contributed by atoms with Crippen molar-refractivity contribution in [2.75, 3.05) is 0 Å². The van der Waals surface area contributed by atoms with Crippen molar-refractivity contribution in [2.45, 2.75) is 6.61 Å². The summed E-state index contributed by atoms with van der Waals surface area (Å²) < 4.78 is 0. The summed E-state index contributed by atoms with van der Waals surface area (Å²) in [7, 11) is 0. The number of hydrogen-bond acceptors (Lipinski definition) is 3. The lowest BCUT2D eigenvalue weighted by molar-refractivity contribution is 0.278. The Morgan fingerprint density at radius 3 is 3.27 bits per heavy atom. The second-order valence-electron chi connectivity index (χ2n) is 2.23. The van der Waals surface area contributed by atoms with Crippen LogP contribution in [-0.2, 0) is 6.61 Å². The number of aromatic amines is 1. The Bertz CT molecular complexity index is 368. The van der Waals surface area contributed by atoms with Crippen molar-refractivity contribution in [1.82, 2.24) is 15.2 Å². The molecule has 56 valence electrons. The fourth-order valence-electron chi connectivity index (χ4n) is 1.01. The largest absolute Gasteiger partial charge is 0.390 e. The van der Waals surface area contributed by atoms with E-state index in [0.717, 1.165) is 11.0 Å². The molecule has 0 atom stereocenters. The van der Waals surface area contributed by atoms with E-state index in [2.05, 4.69) is 15.2 Å². The smallest absolute Gasteiger partial charge is 0.114 e. The van der Waals surface area contributed by atoms with Gasteiger partial charge in [0.2, 0.25) is 0 Å². The van der Waals surface area contributed by atoms with Gasteiger partial charge in [0.25, 0.3) is 0 Å². The van der Waals surface area contributed by atoms with Crippen molar-refractivity contribution in [3.05, 3.63) is 24.0 Å². The van der Waals surface area contributed by atoms with Gasteiger partial charge in [-0.25, -0.2) is 0 Å². The third-order valence-corrected chi connectivity index (χ3v) is 1.54. The first-order chi connectivity index (χ1) is 5.42. The maximum absolute atomic E-state index is 8.81. The molecule has 0 fully saturated rings. The van der Waals surface area contributed by atoms with E-state index in [1.807, 2.05) is 12.1 Å². The Labute approximate surface area is 62.9 Å². The van der Waals surface area contributed by atoms with Crippen molar-refractivity contribution in [3.8, 4) is 0 Å². The zero-order valence-corrected chi connectivity index (χ0v) is 5.78. The fourth-order valence-corrected chi connectivity index (χ4v) is 1.01. The van der Waals surface area contributed by atoms with E-state index in [9.17, 15) is 0 Å². The van der Waals surface area contributed by atoms with Crippen molar-refractivity contribution >= 4 is 11.0 Å². The van der Waals surface area contributed by atoms with Crippen LogP contribution in [0.1, 0.15) is 5.69 Å². The zero-order valence-electron chi connectivity index (χ0n) is 5.78. The molecule has 2 aromatic heterocycles. The lowest BCUT2D eigenvalue weighted by atomic mass is 10.3. The molecule has 0 unspecified atom stereocenters. The number of rotatable bonds is 1. The molecule has 4 nitrogen and oxygen atoms in total. The maximum atomic E-state index is 8.81. The molecule has 2 N–H and O–H groups in total. The Morgan fingerprint density at radius 2 is 2.45 bits per heavy atom. The van der Waals surface area contributed by atoms with E-state index in [1.165, 1.54) is 0 Å². The van der Waals surface area contributed by atoms with Gasteiger partial charge in [-0.3, -0.25) is 10.1 Å². The number of nitrogens with one attached hydrogen (secondary N) is 1. The highest BCUT2D eigenvalue weighted by atomic mass is 16.3. The quantitative estimate of drug-likeness (QED) is 0.618. The standard InChI is InChI=1S/C7H7N3O/c11-4-6-7-5(9-10-6)2-1-3-8-7/h1-3,11H,4H2,(H,9,10). The first-order valence-corrected chi connectivity index (χ1v) is 3.30. The minimum Gasteiger partial charge on any atom is -0.390 e. The summed E-state index contributed by atoms with van der Waals surface area (Å²) in [5, 5.41) is 15.5. The molecule has 0 amide bonds. The second-order valence-corrected chi connectivity index (χ2v) is 2.23. The molecule has 0 aromatic carbocycles. The van der Waals surface area contributed by atoms with Gasteiger partial charge in [-0.2, -0.15) is 5.10 Å². The Balaban J connectivity index is 2.76. The molecule has 2 rings (SSSR count). The minimum absolute atomic E-state index is 0.0481. The van der Waals surface area contributed by atoms with Gasteiger partial charge in [0.15, 0.2) is 0 Å². The van der Waals surface area contributed by atoms with E-state index < -0.39 is 0 Å². The van der Waals surface area contributed by atoms with Crippen LogP contribution in [-0.4, -0.2) is 20.3 Å². The Morgan fingerprint density at radius 1 is 1.55 bits per heavy atom. The molecule has 2 aromatic rings. The van der Waals surface area contributed by atoms with Crippen molar-refractivity contribution in [3.63, 3.8) is 0 Å². The summed E-state index contributed by atoms with van der Waals surface area (Å²) >= 11 is 0. The fraction of sp³-hybridized carbons (Fsp3) is 0.143. The molecule has 0 spiro atoms. The van der Waals surface area contributed by atoms with Gasteiger partial charge in [0.05, 0.1) is 12.3 Å². The number of fused-ring (bicyclic) bond motifs is 1. The van der Waals surface area contributed by atoms with Gasteiger partial charge >= 0.3 is 0 Å². The highest BCUT2D eigenvalue weighted by Gasteiger charge is 2.02. The van der Waals surface area contributed by atoms with Crippen LogP contribution in [0.5, 0.6) is 0 Å². The van der Waals surface area contributed by atoms with Gasteiger partial charge in [-0.15, -0.1) is 0 Å². The molecule has 11 heavy (non-hydrogen) atoms. The van der Waals surface area contributed by atoms with Crippen LogP contribution in [0, 0.1) is 0 Å². The monoisotopic (exact) mass is 149 g/mol. The number of pyridine rings is 1. The van der Waals surface area contributed by atoms with Crippen LogP contribution < -0.4 is 0 Å². The van der Waals surface area contributed by atoms with Gasteiger partial charge in [0.1, 0.15) is 11.0 Å². The first-order valence-electron chi connectivity index (χ1n) is 3.30. The molecule has 0 bridgehead atoms. The third-order valence-electron chi connectivity index (χ3n) is 1.54. The summed E-state index contributed by atoms with van der Waals surface area (Å²) in [6.07, 6.45) is 1.68. The number of nitrogens with zero attached hydrogens (tertiary/aromatic N) is 2. The molecule has 0 radical (unpaired) electrons. The van der Waals surface area contributed by atoms with Crippen LogP contribution in [0.2, 0.25) is 0 Å². The Kier molecular flexibility index (Phi) is 1.33. The minimum atomic E-state index is -0.0481. The van der Waals surface area contributed by atoms with Crippen molar-refractivity contribution in [1.29, 1.82) is 0 Å². The third kappa shape index (κ3) is 0.877. The van der Waals surface area contributed by atoms with E-state index in [4.69, 9.17) is 5.11 Å². The van der Waals surface area contributed by atoms with Crippen LogP contribution in [0.25, 0.3) is 11.0 Å². The molecular formula is C7H7N3O. The van der Waals surface area contributed by atoms with E-state index >= 15 is 0 Å². The highest BCUT2D eigenvalue weighted by Crippen LogP contribution is 2.10. The lowest BCUT2D eigenvalue weighted by Crippen LogP contribution is -1.83. The van der Waals surface area contributed by atoms with Crippen LogP contribution >= 0.6 is 0 Å². The first kappa shape index (κ1) is 6.30. The summed E-state index contributed by atoms with van der Waals surface area (Å²) in [6.45, 7) is -0.0481. The van der Waals surface area contributed by atoms with Crippen LogP contribution in [0.4, 0.5) is 0 Å². The molecule has 0 aliphatic carbocycles. The molecule has 0 aliphatic rings. The summed E-state index contributed by atoms with van der Waals surface area (Å²) in [4.78, 5) is 4.06. The van der Waals surface area contributed by atoms with Gasteiger partial charge in [-0.05, 0) is 12.1 Å². The van der Waals surface area contributed by atoms with Crippen LogP contribution in [0.15, 0.2) is 18.3 Å². The number of hydrogen-bond donors (Lipinski definition) is 2. The van der Waals surface area contributed by atoms with E-state index in [-0.39, 0.29) is 6.61 Å². The van der Waals surface area contributed by atoms with E-state index in [1.54, 1.807) is 6.20 Å². The predicted octanol–water partition coefficient (Wildman–Crippen LogP) is 0.450. The second kappa shape index (κ2) is 2.32. The lowest BCUT2D eigenvalue weighted by Gasteiger charge is -1.87. The average molecular weight is 149 g/mol. The van der Waals surface area contributed by atoms with Gasteiger partial charge in [-0.1, -0.05) is 0 Å². The molecule has 0 aliphatic heterocycles. The van der Waals surface area contributed by atoms with E-state index in [0.29, 0.717) is 5.69 Å². The zero-order chi connectivity index (χ0) is 7.68. The Hall–Kier alpha value is -1.42. The van der Waals surface area contributed by atoms with Gasteiger partial charge < -0.3 is 5.11 Å². The number of aromatic nitrogens is 3. The summed E-state index contributed by atoms with van der Waals surface area (Å²) in [6, 6.07) is 3.66. The predicted molar refractivity (Wildman–Crippen MR) is 39.8 cm³/mol. The number of aliphatic hydroxyl groups excluding tert-OH is 1. The normalized spacial score (nSPS) is 10.6. The maximum Gasteiger partial charge on any atom is 0.114 e. The SMILES string of the molecule is OCc1[nH]nc2cccnc12. The molecule has 4 heteroatoms. The van der Waals surface area contributed by atoms with Crippen molar-refractivity contribution in [2.24, 2.45) is 0 Å². The number of H-pyrrole nitrogens is 1. The average Bonchev–Trinajstić information content (AvgIpc) is 2.47. The van der Waals surface area contributed by atoms with Crippen LogP contribution in [0.3, 0.4) is 0 Å².